The number of ether oxygens (including phenoxy) is 1. The molecule has 0 aliphatic carbocycles. The summed E-state index contributed by atoms with van der Waals surface area (Å²) < 4.78 is 19.6. The second-order valence-corrected chi connectivity index (χ2v) is 7.65. The van der Waals surface area contributed by atoms with Crippen LogP contribution in [0.15, 0.2) is 48.5 Å². The smallest absolute Gasteiger partial charge is 0.272 e. The lowest BCUT2D eigenvalue weighted by Crippen LogP contribution is -2.38. The molecule has 0 unspecified atom stereocenters. The molecule has 1 fully saturated rings. The molecule has 1 aliphatic heterocycles. The molecule has 0 radical (unpaired) electrons. The van der Waals surface area contributed by atoms with Crippen LogP contribution in [0.2, 0.25) is 0 Å². The van der Waals surface area contributed by atoms with Gasteiger partial charge in [0.05, 0.1) is 18.5 Å². The fourth-order valence-electron chi connectivity index (χ4n) is 3.24. The quantitative estimate of drug-likeness (QED) is 0.711. The molecule has 1 aliphatic rings. The summed E-state index contributed by atoms with van der Waals surface area (Å²) in [5.41, 5.74) is 1.85. The number of halogens is 1. The number of carbonyl (C=O) groups is 1. The van der Waals surface area contributed by atoms with E-state index in [1.54, 1.807) is 37.4 Å². The van der Waals surface area contributed by atoms with Gasteiger partial charge in [0.1, 0.15) is 22.8 Å². The second-order valence-electron chi connectivity index (χ2n) is 6.42. The minimum absolute atomic E-state index is 0.121. The van der Waals surface area contributed by atoms with Crippen LogP contribution in [0.25, 0.3) is 10.9 Å². The monoisotopic (exact) mass is 397 g/mol. The maximum Gasteiger partial charge on any atom is 0.272 e. The minimum atomic E-state index is -0.365. The number of anilines is 2. The van der Waals surface area contributed by atoms with Gasteiger partial charge in [0.2, 0.25) is 0 Å². The summed E-state index contributed by atoms with van der Waals surface area (Å²) in [5, 5.41) is 3.88. The zero-order chi connectivity index (χ0) is 19.5. The van der Waals surface area contributed by atoms with Crippen molar-refractivity contribution < 1.29 is 13.9 Å². The van der Waals surface area contributed by atoms with E-state index in [-0.39, 0.29) is 11.7 Å². The summed E-state index contributed by atoms with van der Waals surface area (Å²) in [6.07, 6.45) is 0. The van der Waals surface area contributed by atoms with Crippen molar-refractivity contribution in [3.05, 3.63) is 60.0 Å². The zero-order valence-corrected chi connectivity index (χ0v) is 16.3. The summed E-state index contributed by atoms with van der Waals surface area (Å²) in [6, 6.07) is 13.7. The Hall–Kier alpha value is -2.80. The Morgan fingerprint density at radius 2 is 1.93 bits per heavy atom. The molecule has 2 aromatic carbocycles. The van der Waals surface area contributed by atoms with E-state index in [2.05, 4.69) is 10.3 Å². The van der Waals surface area contributed by atoms with Gasteiger partial charge < -0.3 is 15.0 Å². The third-order valence-corrected chi connectivity index (χ3v) is 5.63. The third-order valence-electron chi connectivity index (χ3n) is 4.68. The lowest BCUT2D eigenvalue weighted by atomic mass is 10.1. The van der Waals surface area contributed by atoms with Gasteiger partial charge in [-0.25, -0.2) is 9.37 Å². The summed E-state index contributed by atoms with van der Waals surface area (Å²) in [7, 11) is 1.57. The number of methoxy groups -OCH3 is 1. The maximum absolute atomic E-state index is 14.2. The molecule has 1 aromatic heterocycles. The minimum Gasteiger partial charge on any atom is -0.494 e. The fraction of sp³-hybridized carbons (Fsp3) is 0.238. The average Bonchev–Trinajstić information content (AvgIpc) is 2.75. The molecular weight excluding hydrogens is 377 g/mol. The van der Waals surface area contributed by atoms with Crippen LogP contribution < -0.4 is 10.1 Å². The van der Waals surface area contributed by atoms with Crippen molar-refractivity contribution in [2.45, 2.75) is 0 Å². The number of aromatic nitrogens is 1. The van der Waals surface area contributed by atoms with Crippen LogP contribution in [-0.4, -0.2) is 47.5 Å². The molecule has 1 N–H and O–H groups in total. The first kappa shape index (κ1) is 18.6. The van der Waals surface area contributed by atoms with Gasteiger partial charge >= 0.3 is 0 Å². The first-order valence-corrected chi connectivity index (χ1v) is 10.2. The van der Waals surface area contributed by atoms with Crippen molar-refractivity contribution in [1.82, 2.24) is 9.88 Å². The molecule has 7 heteroatoms. The summed E-state index contributed by atoms with van der Waals surface area (Å²) in [4.78, 5) is 19.4. The van der Waals surface area contributed by atoms with Crippen molar-refractivity contribution >= 4 is 39.9 Å². The number of para-hydroxylation sites is 2. The molecule has 5 nitrogen and oxygen atoms in total. The summed E-state index contributed by atoms with van der Waals surface area (Å²) in [6.45, 7) is 1.40. The molecule has 4 rings (SSSR count). The van der Waals surface area contributed by atoms with Crippen molar-refractivity contribution in [2.24, 2.45) is 0 Å². The Morgan fingerprint density at radius 1 is 1.14 bits per heavy atom. The molecule has 3 aromatic rings. The standard InChI is InChI=1S/C21H20FN3O2S/c1-27-19-8-4-5-14-17(23-16-7-3-2-6-15(16)22)13-18(24-20(14)19)21(26)25-9-11-28-12-10-25/h2-8,13H,9-12H2,1H3,(H,23,24). The van der Waals surface area contributed by atoms with Crippen molar-refractivity contribution in [2.75, 3.05) is 37.0 Å². The van der Waals surface area contributed by atoms with E-state index in [0.717, 1.165) is 16.9 Å². The van der Waals surface area contributed by atoms with Crippen LogP contribution in [0.5, 0.6) is 5.75 Å². The van der Waals surface area contributed by atoms with Gasteiger partial charge in [-0.1, -0.05) is 24.3 Å². The Morgan fingerprint density at radius 3 is 2.68 bits per heavy atom. The number of carbonyl (C=O) groups excluding carboxylic acids is 1. The molecule has 0 saturated carbocycles. The molecule has 0 spiro atoms. The normalized spacial score (nSPS) is 14.1. The van der Waals surface area contributed by atoms with Crippen LogP contribution in [0.1, 0.15) is 10.5 Å². The van der Waals surface area contributed by atoms with Crippen LogP contribution in [0.4, 0.5) is 15.8 Å². The number of nitrogens with one attached hydrogen (secondary N) is 1. The molecular formula is C21H20FN3O2S. The first-order valence-electron chi connectivity index (χ1n) is 9.03. The van der Waals surface area contributed by atoms with Gasteiger partial charge in [-0.3, -0.25) is 4.79 Å². The lowest BCUT2D eigenvalue weighted by molar-refractivity contribution is 0.0767. The first-order chi connectivity index (χ1) is 13.7. The second kappa shape index (κ2) is 8.06. The van der Waals surface area contributed by atoms with E-state index in [1.807, 2.05) is 28.8 Å². The van der Waals surface area contributed by atoms with Crippen molar-refractivity contribution in [1.29, 1.82) is 0 Å². The topological polar surface area (TPSA) is 54.5 Å². The Bertz CT molecular complexity index is 1020. The highest BCUT2D eigenvalue weighted by Crippen LogP contribution is 2.33. The van der Waals surface area contributed by atoms with Crippen molar-refractivity contribution in [3.63, 3.8) is 0 Å². The van der Waals surface area contributed by atoms with Crippen LogP contribution >= 0.6 is 11.8 Å². The number of fused-ring (bicyclic) bond motifs is 1. The molecule has 1 saturated heterocycles. The van der Waals surface area contributed by atoms with Crippen LogP contribution in [-0.2, 0) is 0 Å². The van der Waals surface area contributed by atoms with E-state index in [1.165, 1.54) is 6.07 Å². The number of thioether (sulfide) groups is 1. The SMILES string of the molecule is COc1cccc2c(Nc3ccccc3F)cc(C(=O)N3CCSCC3)nc12. The number of nitrogens with zero attached hydrogens (tertiary/aromatic N) is 2. The summed E-state index contributed by atoms with van der Waals surface area (Å²) in [5.74, 6) is 1.92. The van der Waals surface area contributed by atoms with E-state index in [9.17, 15) is 9.18 Å². The van der Waals surface area contributed by atoms with Crippen LogP contribution in [0.3, 0.4) is 0 Å². The molecule has 0 bridgehead atoms. The number of hydrogen-bond donors (Lipinski definition) is 1. The third kappa shape index (κ3) is 3.62. The van der Waals surface area contributed by atoms with Gasteiger partial charge in [0.25, 0.3) is 5.91 Å². The molecule has 28 heavy (non-hydrogen) atoms. The summed E-state index contributed by atoms with van der Waals surface area (Å²) >= 11 is 1.84. The van der Waals surface area contributed by atoms with E-state index in [0.29, 0.717) is 41.4 Å². The number of pyridine rings is 1. The van der Waals surface area contributed by atoms with E-state index < -0.39 is 0 Å². The molecule has 2 heterocycles. The van der Waals surface area contributed by atoms with Gasteiger partial charge in [0.15, 0.2) is 0 Å². The molecule has 0 atom stereocenters. The highest BCUT2D eigenvalue weighted by atomic mass is 32.2. The average molecular weight is 397 g/mol. The van der Waals surface area contributed by atoms with Gasteiger partial charge in [-0.2, -0.15) is 11.8 Å². The number of benzene rings is 2. The Labute approximate surface area is 166 Å². The highest BCUT2D eigenvalue weighted by Gasteiger charge is 2.22. The number of amides is 1. The van der Waals surface area contributed by atoms with Crippen molar-refractivity contribution in [3.8, 4) is 5.75 Å². The van der Waals surface area contributed by atoms with Gasteiger partial charge in [0, 0.05) is 30.0 Å². The molecule has 144 valence electrons. The van der Waals surface area contributed by atoms with Gasteiger partial charge in [-0.05, 0) is 24.3 Å². The number of rotatable bonds is 4. The largest absolute Gasteiger partial charge is 0.494 e. The zero-order valence-electron chi connectivity index (χ0n) is 15.4. The number of hydrogen-bond acceptors (Lipinski definition) is 5. The fourth-order valence-corrected chi connectivity index (χ4v) is 4.14. The molecule has 1 amide bonds. The van der Waals surface area contributed by atoms with E-state index in [4.69, 9.17) is 4.74 Å². The highest BCUT2D eigenvalue weighted by molar-refractivity contribution is 7.99. The van der Waals surface area contributed by atoms with Gasteiger partial charge in [-0.15, -0.1) is 0 Å². The van der Waals surface area contributed by atoms with Crippen LogP contribution in [0, 0.1) is 5.82 Å². The predicted octanol–water partition coefficient (Wildman–Crippen LogP) is 4.32. The predicted molar refractivity (Wildman–Crippen MR) is 111 cm³/mol. The lowest BCUT2D eigenvalue weighted by Gasteiger charge is -2.26. The Balaban J connectivity index is 1.82. The Kier molecular flexibility index (Phi) is 5.34. The van der Waals surface area contributed by atoms with E-state index >= 15 is 0 Å². The maximum atomic E-state index is 14.2.